The van der Waals surface area contributed by atoms with Gasteiger partial charge in [0.25, 0.3) is 11.8 Å². The minimum absolute atomic E-state index is 0.233. The van der Waals surface area contributed by atoms with E-state index in [9.17, 15) is 19.2 Å². The summed E-state index contributed by atoms with van der Waals surface area (Å²) in [7, 11) is 0. The van der Waals surface area contributed by atoms with E-state index in [1.807, 2.05) is 0 Å². The van der Waals surface area contributed by atoms with Crippen LogP contribution in [-0.2, 0) is 9.59 Å². The van der Waals surface area contributed by atoms with E-state index in [2.05, 4.69) is 5.32 Å². The molecule has 2 N–H and O–H groups in total. The zero-order valence-corrected chi connectivity index (χ0v) is 13.0. The van der Waals surface area contributed by atoms with Gasteiger partial charge in [0.2, 0.25) is 5.91 Å². The number of imide groups is 1. The van der Waals surface area contributed by atoms with E-state index < -0.39 is 17.8 Å². The molecule has 1 aliphatic heterocycles. The van der Waals surface area contributed by atoms with Crippen LogP contribution < -0.4 is 5.32 Å². The predicted molar refractivity (Wildman–Crippen MR) is 83.3 cm³/mol. The van der Waals surface area contributed by atoms with Crippen molar-refractivity contribution < 1.29 is 24.3 Å². The monoisotopic (exact) mass is 330 g/mol. The van der Waals surface area contributed by atoms with E-state index in [0.29, 0.717) is 43.5 Å². The Kier molecular flexibility index (Phi) is 4.33. The van der Waals surface area contributed by atoms with Crippen LogP contribution in [0.4, 0.5) is 0 Å². The van der Waals surface area contributed by atoms with Gasteiger partial charge >= 0.3 is 5.97 Å². The molecule has 1 aromatic rings. The Morgan fingerprint density at radius 2 is 1.71 bits per heavy atom. The molecule has 3 rings (SSSR count). The fourth-order valence-electron chi connectivity index (χ4n) is 2.94. The van der Waals surface area contributed by atoms with E-state index in [1.54, 1.807) is 24.3 Å². The Hall–Kier alpha value is -2.70. The van der Waals surface area contributed by atoms with Crippen molar-refractivity contribution in [3.8, 4) is 0 Å². The molecule has 24 heavy (non-hydrogen) atoms. The number of nitrogens with one attached hydrogen (secondary N) is 1. The lowest BCUT2D eigenvalue weighted by atomic mass is 10.1. The summed E-state index contributed by atoms with van der Waals surface area (Å²) in [5.41, 5.74) is 0.869. The predicted octanol–water partition coefficient (Wildman–Crippen LogP) is 0.900. The molecular weight excluding hydrogens is 312 g/mol. The molecule has 0 bridgehead atoms. The normalized spacial score (nSPS) is 21.6. The molecule has 2 atom stereocenters. The third-order valence-corrected chi connectivity index (χ3v) is 4.43. The van der Waals surface area contributed by atoms with Crippen molar-refractivity contribution in [3.05, 3.63) is 35.4 Å². The zero-order valence-electron chi connectivity index (χ0n) is 13.0. The molecule has 1 heterocycles. The first-order valence-corrected chi connectivity index (χ1v) is 7.96. The van der Waals surface area contributed by atoms with Crippen molar-refractivity contribution in [1.29, 1.82) is 0 Å². The Bertz CT molecular complexity index is 680. The highest BCUT2D eigenvalue weighted by atomic mass is 16.4. The second-order valence-corrected chi connectivity index (χ2v) is 6.09. The largest absolute Gasteiger partial charge is 0.481 e. The third-order valence-electron chi connectivity index (χ3n) is 4.43. The van der Waals surface area contributed by atoms with Crippen LogP contribution in [0.1, 0.15) is 40.0 Å². The molecule has 126 valence electrons. The summed E-state index contributed by atoms with van der Waals surface area (Å²) in [5.74, 6) is -2.69. The van der Waals surface area contributed by atoms with Crippen LogP contribution in [0.25, 0.3) is 0 Å². The van der Waals surface area contributed by atoms with Gasteiger partial charge in [-0.1, -0.05) is 12.1 Å². The second kappa shape index (κ2) is 6.43. The number of nitrogens with zero attached hydrogens (tertiary/aromatic N) is 1. The molecule has 1 aromatic carbocycles. The summed E-state index contributed by atoms with van der Waals surface area (Å²) < 4.78 is 0. The Morgan fingerprint density at radius 3 is 2.25 bits per heavy atom. The first-order valence-electron chi connectivity index (χ1n) is 7.96. The van der Waals surface area contributed by atoms with Gasteiger partial charge in [0.15, 0.2) is 0 Å². The van der Waals surface area contributed by atoms with Crippen LogP contribution in [0.3, 0.4) is 0 Å². The lowest BCUT2D eigenvalue weighted by Gasteiger charge is -2.13. The van der Waals surface area contributed by atoms with E-state index in [0.717, 1.165) is 0 Å². The maximum Gasteiger partial charge on any atom is 0.307 e. The van der Waals surface area contributed by atoms with Gasteiger partial charge in [-0.05, 0) is 31.4 Å². The molecule has 0 saturated heterocycles. The van der Waals surface area contributed by atoms with Crippen molar-refractivity contribution in [2.24, 2.45) is 11.8 Å². The van der Waals surface area contributed by atoms with Crippen molar-refractivity contribution in [2.75, 3.05) is 13.1 Å². The minimum atomic E-state index is -0.930. The van der Waals surface area contributed by atoms with E-state index in [-0.39, 0.29) is 17.7 Å². The summed E-state index contributed by atoms with van der Waals surface area (Å²) in [6.45, 7) is 0.717. The SMILES string of the molecule is O=C(O)C1CC1C(=O)NCCCCN1C(=O)c2ccccc2C1=O. The lowest BCUT2D eigenvalue weighted by Crippen LogP contribution is -2.32. The quantitative estimate of drug-likeness (QED) is 0.571. The van der Waals surface area contributed by atoms with Gasteiger partial charge in [-0.15, -0.1) is 0 Å². The minimum Gasteiger partial charge on any atom is -0.481 e. The van der Waals surface area contributed by atoms with Gasteiger partial charge in [0.05, 0.1) is 23.0 Å². The number of rotatable bonds is 7. The number of hydrogen-bond donors (Lipinski definition) is 2. The average Bonchev–Trinajstić information content (AvgIpc) is 3.34. The van der Waals surface area contributed by atoms with Crippen LogP contribution in [0.2, 0.25) is 0 Å². The van der Waals surface area contributed by atoms with Crippen LogP contribution in [-0.4, -0.2) is 46.8 Å². The molecule has 0 spiro atoms. The first-order chi connectivity index (χ1) is 11.5. The van der Waals surface area contributed by atoms with E-state index in [1.165, 1.54) is 4.90 Å². The van der Waals surface area contributed by atoms with E-state index in [4.69, 9.17) is 5.11 Å². The Morgan fingerprint density at radius 1 is 1.08 bits per heavy atom. The molecule has 7 heteroatoms. The highest BCUT2D eigenvalue weighted by Crippen LogP contribution is 2.38. The highest BCUT2D eigenvalue weighted by Gasteiger charge is 2.48. The number of aliphatic carboxylic acids is 1. The van der Waals surface area contributed by atoms with Crippen molar-refractivity contribution in [1.82, 2.24) is 10.2 Å². The second-order valence-electron chi connectivity index (χ2n) is 6.09. The average molecular weight is 330 g/mol. The molecule has 1 saturated carbocycles. The molecular formula is C17H18N2O5. The number of carboxylic acid groups (broad SMARTS) is 1. The number of fused-ring (bicyclic) bond motifs is 1. The molecule has 0 aromatic heterocycles. The maximum atomic E-state index is 12.2. The topological polar surface area (TPSA) is 104 Å². The Labute approximate surface area is 138 Å². The Balaban J connectivity index is 1.39. The molecule has 1 fully saturated rings. The fourth-order valence-corrected chi connectivity index (χ4v) is 2.94. The van der Waals surface area contributed by atoms with Crippen molar-refractivity contribution in [2.45, 2.75) is 19.3 Å². The lowest BCUT2D eigenvalue weighted by molar-refractivity contribution is -0.140. The van der Waals surface area contributed by atoms with Gasteiger partial charge in [0, 0.05) is 13.1 Å². The number of amides is 3. The summed E-state index contributed by atoms with van der Waals surface area (Å²) in [6, 6.07) is 6.74. The molecule has 0 radical (unpaired) electrons. The number of carbonyl (C=O) groups excluding carboxylic acids is 3. The number of carbonyl (C=O) groups is 4. The summed E-state index contributed by atoms with van der Waals surface area (Å²) >= 11 is 0. The molecule has 1 aliphatic carbocycles. The number of unbranched alkanes of at least 4 members (excludes halogenated alkanes) is 1. The summed E-state index contributed by atoms with van der Waals surface area (Å²) in [4.78, 5) is 47.9. The fraction of sp³-hybridized carbons (Fsp3) is 0.412. The van der Waals surface area contributed by atoms with Crippen molar-refractivity contribution in [3.63, 3.8) is 0 Å². The van der Waals surface area contributed by atoms with Gasteiger partial charge in [-0.25, -0.2) is 0 Å². The van der Waals surface area contributed by atoms with Gasteiger partial charge in [-0.3, -0.25) is 24.1 Å². The van der Waals surface area contributed by atoms with Crippen LogP contribution in [0.5, 0.6) is 0 Å². The molecule has 3 amide bonds. The first kappa shape index (κ1) is 16.2. The standard InChI is InChI=1S/C17H18N2O5/c20-14(12-9-13(12)17(23)24)18-7-3-4-8-19-15(21)10-5-1-2-6-11(10)16(19)22/h1-2,5-6,12-13H,3-4,7-9H2,(H,18,20)(H,23,24). The summed E-state index contributed by atoms with van der Waals surface area (Å²) in [5, 5.41) is 11.5. The number of hydrogen-bond acceptors (Lipinski definition) is 4. The molecule has 2 unspecified atom stereocenters. The number of benzene rings is 1. The van der Waals surface area contributed by atoms with Gasteiger partial charge < -0.3 is 10.4 Å². The van der Waals surface area contributed by atoms with Crippen LogP contribution in [0.15, 0.2) is 24.3 Å². The van der Waals surface area contributed by atoms with Crippen LogP contribution in [0, 0.1) is 11.8 Å². The van der Waals surface area contributed by atoms with Gasteiger partial charge in [0.1, 0.15) is 0 Å². The highest BCUT2D eigenvalue weighted by molar-refractivity contribution is 6.21. The van der Waals surface area contributed by atoms with Crippen LogP contribution >= 0.6 is 0 Å². The smallest absolute Gasteiger partial charge is 0.307 e. The third kappa shape index (κ3) is 3.02. The zero-order chi connectivity index (χ0) is 17.3. The van der Waals surface area contributed by atoms with Crippen molar-refractivity contribution >= 4 is 23.7 Å². The number of carboxylic acids is 1. The molecule has 7 nitrogen and oxygen atoms in total. The summed E-state index contributed by atoms with van der Waals surface area (Å²) in [6.07, 6.45) is 1.60. The molecule has 2 aliphatic rings. The maximum absolute atomic E-state index is 12.2. The van der Waals surface area contributed by atoms with E-state index >= 15 is 0 Å². The van der Waals surface area contributed by atoms with Gasteiger partial charge in [-0.2, -0.15) is 0 Å².